The summed E-state index contributed by atoms with van der Waals surface area (Å²) < 4.78 is 2.31. The largest absolute Gasteiger partial charge is 0.326 e. The SMILES string of the molecule is CCCn1c(C2(N)CCCC(C)C2)nc2cc(Cl)ccc21. The van der Waals surface area contributed by atoms with E-state index in [1.165, 1.54) is 12.8 Å². The van der Waals surface area contributed by atoms with Gasteiger partial charge < -0.3 is 10.3 Å². The molecule has 4 heteroatoms. The van der Waals surface area contributed by atoms with Crippen molar-refractivity contribution in [1.82, 2.24) is 9.55 Å². The van der Waals surface area contributed by atoms with E-state index in [-0.39, 0.29) is 5.54 Å². The van der Waals surface area contributed by atoms with Gasteiger partial charge in [-0.3, -0.25) is 0 Å². The number of aryl methyl sites for hydroxylation is 1. The maximum absolute atomic E-state index is 6.79. The highest BCUT2D eigenvalue weighted by Gasteiger charge is 2.37. The van der Waals surface area contributed by atoms with Gasteiger partial charge in [0.25, 0.3) is 0 Å². The lowest BCUT2D eigenvalue weighted by Crippen LogP contribution is -2.43. The molecular formula is C17H24ClN3. The Kier molecular flexibility index (Phi) is 3.98. The minimum Gasteiger partial charge on any atom is -0.326 e. The van der Waals surface area contributed by atoms with Crippen molar-refractivity contribution in [2.24, 2.45) is 11.7 Å². The topological polar surface area (TPSA) is 43.8 Å². The second-order valence-electron chi connectivity index (χ2n) is 6.58. The van der Waals surface area contributed by atoms with Gasteiger partial charge >= 0.3 is 0 Å². The normalized spacial score (nSPS) is 26.4. The molecule has 3 rings (SSSR count). The minimum atomic E-state index is -0.293. The summed E-state index contributed by atoms with van der Waals surface area (Å²) in [4.78, 5) is 4.88. The van der Waals surface area contributed by atoms with E-state index in [4.69, 9.17) is 22.3 Å². The molecule has 0 spiro atoms. The molecule has 2 unspecified atom stereocenters. The van der Waals surface area contributed by atoms with Crippen LogP contribution in [0.15, 0.2) is 18.2 Å². The number of fused-ring (bicyclic) bond motifs is 1. The van der Waals surface area contributed by atoms with Crippen molar-refractivity contribution in [3.63, 3.8) is 0 Å². The molecule has 0 aliphatic heterocycles. The summed E-state index contributed by atoms with van der Waals surface area (Å²) >= 11 is 6.12. The van der Waals surface area contributed by atoms with E-state index in [1.54, 1.807) is 0 Å². The van der Waals surface area contributed by atoms with E-state index in [2.05, 4.69) is 24.5 Å². The fourth-order valence-corrected chi connectivity index (χ4v) is 3.89. The highest BCUT2D eigenvalue weighted by Crippen LogP contribution is 2.38. The minimum absolute atomic E-state index is 0.293. The first-order valence-electron chi connectivity index (χ1n) is 7.98. The van der Waals surface area contributed by atoms with Gasteiger partial charge in [0.1, 0.15) is 5.82 Å². The van der Waals surface area contributed by atoms with Gasteiger partial charge in [-0.05, 0) is 43.4 Å². The highest BCUT2D eigenvalue weighted by atomic mass is 35.5. The monoisotopic (exact) mass is 305 g/mol. The van der Waals surface area contributed by atoms with Gasteiger partial charge in [0.05, 0.1) is 16.6 Å². The predicted molar refractivity (Wildman–Crippen MR) is 88.5 cm³/mol. The molecule has 1 aliphatic carbocycles. The van der Waals surface area contributed by atoms with Crippen molar-refractivity contribution in [2.45, 2.75) is 58.0 Å². The Hall–Kier alpha value is -1.06. The van der Waals surface area contributed by atoms with Crippen LogP contribution in [0.3, 0.4) is 0 Å². The number of nitrogens with zero attached hydrogens (tertiary/aromatic N) is 2. The van der Waals surface area contributed by atoms with Gasteiger partial charge in [-0.2, -0.15) is 0 Å². The van der Waals surface area contributed by atoms with Gasteiger partial charge in [-0.15, -0.1) is 0 Å². The number of imidazole rings is 1. The van der Waals surface area contributed by atoms with Crippen LogP contribution in [-0.2, 0) is 12.1 Å². The zero-order valence-corrected chi connectivity index (χ0v) is 13.7. The van der Waals surface area contributed by atoms with Gasteiger partial charge in [0.15, 0.2) is 0 Å². The molecule has 114 valence electrons. The lowest BCUT2D eigenvalue weighted by molar-refractivity contribution is 0.222. The zero-order chi connectivity index (χ0) is 15.0. The van der Waals surface area contributed by atoms with Crippen LogP contribution in [0, 0.1) is 5.92 Å². The summed E-state index contributed by atoms with van der Waals surface area (Å²) in [6.07, 6.45) is 5.59. The number of benzene rings is 1. The third-order valence-electron chi connectivity index (χ3n) is 4.64. The third-order valence-corrected chi connectivity index (χ3v) is 4.87. The maximum atomic E-state index is 6.79. The Morgan fingerprint density at radius 3 is 3.00 bits per heavy atom. The number of hydrogen-bond donors (Lipinski definition) is 1. The predicted octanol–water partition coefficient (Wildman–Crippen LogP) is 4.46. The summed E-state index contributed by atoms with van der Waals surface area (Å²) in [5.41, 5.74) is 8.61. The fourth-order valence-electron chi connectivity index (χ4n) is 3.73. The third kappa shape index (κ3) is 2.69. The van der Waals surface area contributed by atoms with E-state index < -0.39 is 0 Å². The number of rotatable bonds is 3. The van der Waals surface area contributed by atoms with Crippen LogP contribution in [0.25, 0.3) is 11.0 Å². The molecule has 1 saturated carbocycles. The van der Waals surface area contributed by atoms with E-state index in [9.17, 15) is 0 Å². The molecule has 0 saturated heterocycles. The van der Waals surface area contributed by atoms with E-state index in [1.807, 2.05) is 12.1 Å². The van der Waals surface area contributed by atoms with Gasteiger partial charge in [-0.25, -0.2) is 4.98 Å². The van der Waals surface area contributed by atoms with Gasteiger partial charge in [-0.1, -0.05) is 38.3 Å². The van der Waals surface area contributed by atoms with Crippen molar-refractivity contribution in [1.29, 1.82) is 0 Å². The average Bonchev–Trinajstić information content (AvgIpc) is 2.78. The summed E-state index contributed by atoms with van der Waals surface area (Å²) in [5.74, 6) is 1.72. The Balaban J connectivity index is 2.14. The quantitative estimate of drug-likeness (QED) is 0.909. The molecule has 1 aromatic heterocycles. The van der Waals surface area contributed by atoms with Crippen LogP contribution in [0.1, 0.15) is 51.8 Å². The first-order valence-corrected chi connectivity index (χ1v) is 8.36. The lowest BCUT2D eigenvalue weighted by Gasteiger charge is -2.36. The van der Waals surface area contributed by atoms with E-state index in [0.29, 0.717) is 5.92 Å². The van der Waals surface area contributed by atoms with Crippen molar-refractivity contribution in [3.05, 3.63) is 29.0 Å². The van der Waals surface area contributed by atoms with Crippen LogP contribution < -0.4 is 5.73 Å². The van der Waals surface area contributed by atoms with Crippen molar-refractivity contribution in [3.8, 4) is 0 Å². The molecule has 1 heterocycles. The molecule has 0 amide bonds. The average molecular weight is 306 g/mol. The number of nitrogens with two attached hydrogens (primary N) is 1. The number of aromatic nitrogens is 2. The first kappa shape index (κ1) is 14.9. The van der Waals surface area contributed by atoms with Crippen molar-refractivity contribution < 1.29 is 0 Å². The van der Waals surface area contributed by atoms with Crippen LogP contribution in [-0.4, -0.2) is 9.55 Å². The van der Waals surface area contributed by atoms with E-state index >= 15 is 0 Å². The maximum Gasteiger partial charge on any atom is 0.130 e. The standard InChI is InChI=1S/C17H24ClN3/c1-3-9-21-15-7-6-13(18)10-14(15)20-16(21)17(19)8-4-5-12(2)11-17/h6-7,10,12H,3-5,8-9,11,19H2,1-2H3. The smallest absolute Gasteiger partial charge is 0.130 e. The fraction of sp³-hybridized carbons (Fsp3) is 0.588. The molecule has 0 bridgehead atoms. The molecule has 1 fully saturated rings. The molecular weight excluding hydrogens is 282 g/mol. The first-order chi connectivity index (χ1) is 10.0. The molecule has 1 aromatic carbocycles. The molecule has 0 radical (unpaired) electrons. The van der Waals surface area contributed by atoms with Crippen LogP contribution in [0.4, 0.5) is 0 Å². The lowest BCUT2D eigenvalue weighted by atomic mass is 9.76. The van der Waals surface area contributed by atoms with Crippen molar-refractivity contribution in [2.75, 3.05) is 0 Å². The Bertz CT molecular complexity index is 649. The molecule has 21 heavy (non-hydrogen) atoms. The summed E-state index contributed by atoms with van der Waals surface area (Å²) in [5, 5.41) is 0.735. The molecule has 2 aromatic rings. The van der Waals surface area contributed by atoms with Gasteiger partial charge in [0, 0.05) is 11.6 Å². The van der Waals surface area contributed by atoms with Crippen LogP contribution in [0.5, 0.6) is 0 Å². The second kappa shape index (κ2) is 5.62. The highest BCUT2D eigenvalue weighted by molar-refractivity contribution is 6.31. The van der Waals surface area contributed by atoms with Crippen LogP contribution >= 0.6 is 11.6 Å². The molecule has 2 N–H and O–H groups in total. The molecule has 2 atom stereocenters. The number of halogens is 1. The summed E-state index contributed by atoms with van der Waals surface area (Å²) in [6.45, 7) is 5.45. The van der Waals surface area contributed by atoms with Gasteiger partial charge in [0.2, 0.25) is 0 Å². The van der Waals surface area contributed by atoms with E-state index in [0.717, 1.165) is 47.7 Å². The number of hydrogen-bond acceptors (Lipinski definition) is 2. The second-order valence-corrected chi connectivity index (χ2v) is 7.01. The Morgan fingerprint density at radius 1 is 1.48 bits per heavy atom. The Labute approximate surface area is 131 Å². The molecule has 3 nitrogen and oxygen atoms in total. The van der Waals surface area contributed by atoms with Crippen molar-refractivity contribution >= 4 is 22.6 Å². The Morgan fingerprint density at radius 2 is 2.29 bits per heavy atom. The summed E-state index contributed by atoms with van der Waals surface area (Å²) in [6, 6.07) is 5.95. The molecule has 1 aliphatic rings. The zero-order valence-electron chi connectivity index (χ0n) is 12.9. The summed E-state index contributed by atoms with van der Waals surface area (Å²) in [7, 11) is 0. The van der Waals surface area contributed by atoms with Crippen LogP contribution in [0.2, 0.25) is 5.02 Å².